The van der Waals surface area contributed by atoms with E-state index >= 15 is 0 Å². The lowest BCUT2D eigenvalue weighted by Crippen LogP contribution is -2.38. The molecule has 0 fully saturated rings. The topological polar surface area (TPSA) is 101 Å². The lowest BCUT2D eigenvalue weighted by atomic mass is 10.2. The summed E-state index contributed by atoms with van der Waals surface area (Å²) in [4.78, 5) is 41.6. The van der Waals surface area contributed by atoms with Gasteiger partial charge in [-0.1, -0.05) is 6.42 Å². The van der Waals surface area contributed by atoms with Gasteiger partial charge in [0, 0.05) is 13.0 Å². The summed E-state index contributed by atoms with van der Waals surface area (Å²) >= 11 is 1.15. The highest BCUT2D eigenvalue weighted by Crippen LogP contribution is 2.28. The molecule has 0 saturated carbocycles. The molecular formula is C16H19N3O4S. The van der Waals surface area contributed by atoms with Crippen LogP contribution in [0, 0.1) is 6.92 Å². The zero-order chi connectivity index (χ0) is 17.4. The van der Waals surface area contributed by atoms with Crippen LogP contribution in [0.1, 0.15) is 47.2 Å². The number of carbonyl (C=O) groups is 2. The minimum atomic E-state index is -1.10. The highest BCUT2D eigenvalue weighted by atomic mass is 32.1. The summed E-state index contributed by atoms with van der Waals surface area (Å²) in [5, 5.41) is 11.8. The van der Waals surface area contributed by atoms with E-state index in [-0.39, 0.29) is 5.56 Å². The van der Waals surface area contributed by atoms with Crippen LogP contribution in [0.25, 0.3) is 10.2 Å². The number of aryl methyl sites for hydroxylation is 2. The lowest BCUT2D eigenvalue weighted by Gasteiger charge is -2.08. The molecule has 0 aromatic carbocycles. The maximum atomic E-state index is 12.8. The van der Waals surface area contributed by atoms with Crippen molar-refractivity contribution in [3.8, 4) is 0 Å². The number of nitrogens with zero attached hydrogens (tertiary/aromatic N) is 2. The zero-order valence-electron chi connectivity index (χ0n) is 13.6. The average molecular weight is 349 g/mol. The van der Waals surface area contributed by atoms with Crippen LogP contribution in [-0.4, -0.2) is 32.6 Å². The molecule has 8 heteroatoms. The minimum Gasteiger partial charge on any atom is -0.480 e. The smallest absolute Gasteiger partial charge is 0.325 e. The maximum Gasteiger partial charge on any atom is 0.325 e. The molecule has 1 amide bonds. The number of carboxylic acid groups (broad SMARTS) is 1. The lowest BCUT2D eigenvalue weighted by molar-refractivity contribution is -0.138. The predicted molar refractivity (Wildman–Crippen MR) is 90.7 cm³/mol. The van der Waals surface area contributed by atoms with Gasteiger partial charge < -0.3 is 10.4 Å². The van der Waals surface area contributed by atoms with Crippen molar-refractivity contribution in [1.29, 1.82) is 0 Å². The van der Waals surface area contributed by atoms with E-state index in [1.165, 1.54) is 6.92 Å². The second-order valence-corrected chi connectivity index (χ2v) is 7.06. The number of nitrogens with one attached hydrogen (secondary N) is 1. The van der Waals surface area contributed by atoms with Gasteiger partial charge in [-0.05, 0) is 32.3 Å². The van der Waals surface area contributed by atoms with E-state index in [9.17, 15) is 14.4 Å². The van der Waals surface area contributed by atoms with E-state index in [1.54, 1.807) is 11.5 Å². The quantitative estimate of drug-likeness (QED) is 0.878. The number of aliphatic carboxylic acids is 1. The zero-order valence-corrected chi connectivity index (χ0v) is 14.4. The molecule has 3 rings (SSSR count). The van der Waals surface area contributed by atoms with E-state index < -0.39 is 17.9 Å². The summed E-state index contributed by atoms with van der Waals surface area (Å²) in [6.07, 6.45) is 3.80. The molecule has 2 aromatic rings. The third kappa shape index (κ3) is 2.82. The first-order valence-electron chi connectivity index (χ1n) is 7.96. The van der Waals surface area contributed by atoms with Crippen molar-refractivity contribution in [2.45, 2.75) is 52.1 Å². The fourth-order valence-electron chi connectivity index (χ4n) is 2.95. The number of carboxylic acids is 1. The van der Waals surface area contributed by atoms with Gasteiger partial charge in [-0.2, -0.15) is 0 Å². The SMILES string of the molecule is Cc1c(C(=O)N[C@@H](C)C(=O)O)sc2nc3n(c(=O)c12)CCCCC3. The molecule has 7 nitrogen and oxygen atoms in total. The molecule has 1 atom stereocenters. The van der Waals surface area contributed by atoms with Gasteiger partial charge in [-0.25, -0.2) is 4.98 Å². The summed E-state index contributed by atoms with van der Waals surface area (Å²) in [5.41, 5.74) is 0.470. The van der Waals surface area contributed by atoms with Crippen molar-refractivity contribution < 1.29 is 14.7 Å². The van der Waals surface area contributed by atoms with E-state index in [2.05, 4.69) is 10.3 Å². The highest BCUT2D eigenvalue weighted by Gasteiger charge is 2.24. The molecular weight excluding hydrogens is 330 g/mol. The monoisotopic (exact) mass is 349 g/mol. The predicted octanol–water partition coefficient (Wildman–Crippen LogP) is 1.70. The summed E-state index contributed by atoms with van der Waals surface area (Å²) in [7, 11) is 0. The average Bonchev–Trinajstić information content (AvgIpc) is 2.71. The van der Waals surface area contributed by atoms with Crippen LogP contribution in [-0.2, 0) is 17.8 Å². The maximum absolute atomic E-state index is 12.8. The standard InChI is InChI=1S/C16H19N3O4S/c1-8-11-14(24-12(8)13(20)17-9(2)16(22)23)18-10-6-4-3-5-7-19(10)15(11)21/h9H,3-7H2,1-2H3,(H,17,20)(H,22,23)/t9-/m0/s1. The summed E-state index contributed by atoms with van der Waals surface area (Å²) < 4.78 is 1.72. The number of hydrogen-bond donors (Lipinski definition) is 2. The number of aromatic nitrogens is 2. The van der Waals surface area contributed by atoms with Gasteiger partial charge in [0.05, 0.1) is 10.3 Å². The second-order valence-electron chi connectivity index (χ2n) is 6.07. The first kappa shape index (κ1) is 16.6. The molecule has 0 aliphatic carbocycles. The molecule has 1 aliphatic heterocycles. The van der Waals surface area contributed by atoms with Crippen LogP contribution in [0.15, 0.2) is 4.79 Å². The number of rotatable bonds is 3. The van der Waals surface area contributed by atoms with Crippen LogP contribution >= 0.6 is 11.3 Å². The van der Waals surface area contributed by atoms with Gasteiger partial charge >= 0.3 is 5.97 Å². The molecule has 3 heterocycles. The van der Waals surface area contributed by atoms with Gasteiger partial charge in [-0.3, -0.25) is 19.0 Å². The molecule has 0 radical (unpaired) electrons. The van der Waals surface area contributed by atoms with Crippen molar-refractivity contribution in [2.75, 3.05) is 0 Å². The van der Waals surface area contributed by atoms with Crippen LogP contribution in [0.2, 0.25) is 0 Å². The minimum absolute atomic E-state index is 0.101. The largest absolute Gasteiger partial charge is 0.480 e. The van der Waals surface area contributed by atoms with E-state index in [0.29, 0.717) is 27.2 Å². The fourth-order valence-corrected chi connectivity index (χ4v) is 4.04. The van der Waals surface area contributed by atoms with Gasteiger partial charge in [0.2, 0.25) is 0 Å². The van der Waals surface area contributed by atoms with E-state index in [0.717, 1.165) is 42.8 Å². The van der Waals surface area contributed by atoms with Gasteiger partial charge in [0.1, 0.15) is 16.7 Å². The molecule has 0 unspecified atom stereocenters. The number of hydrogen-bond acceptors (Lipinski definition) is 5. The molecule has 2 N–H and O–H groups in total. The Balaban J connectivity index is 2.08. The molecule has 0 spiro atoms. The Hall–Kier alpha value is -2.22. The fraction of sp³-hybridized carbons (Fsp3) is 0.500. The van der Waals surface area contributed by atoms with Crippen molar-refractivity contribution in [3.63, 3.8) is 0 Å². The summed E-state index contributed by atoms with van der Waals surface area (Å²) in [5.74, 6) is -0.811. The van der Waals surface area contributed by atoms with Crippen molar-refractivity contribution in [3.05, 3.63) is 26.6 Å². The van der Waals surface area contributed by atoms with Crippen molar-refractivity contribution in [1.82, 2.24) is 14.9 Å². The third-order valence-electron chi connectivity index (χ3n) is 4.34. The molecule has 1 aliphatic rings. The Morgan fingerprint density at radius 3 is 2.79 bits per heavy atom. The number of thiophene rings is 1. The summed E-state index contributed by atoms with van der Waals surface area (Å²) in [6.45, 7) is 3.77. The third-order valence-corrected chi connectivity index (χ3v) is 5.52. The Labute approximate surface area is 142 Å². The van der Waals surface area contributed by atoms with Gasteiger partial charge in [0.15, 0.2) is 0 Å². The highest BCUT2D eigenvalue weighted by molar-refractivity contribution is 7.20. The molecule has 128 valence electrons. The molecule has 0 saturated heterocycles. The Kier molecular flexibility index (Phi) is 4.40. The number of carbonyl (C=O) groups excluding carboxylic acids is 1. The van der Waals surface area contributed by atoms with Crippen molar-refractivity contribution >= 4 is 33.4 Å². The van der Waals surface area contributed by atoms with Crippen LogP contribution in [0.5, 0.6) is 0 Å². The van der Waals surface area contributed by atoms with E-state index in [1.807, 2.05) is 0 Å². The molecule has 0 bridgehead atoms. The Morgan fingerprint density at radius 2 is 2.08 bits per heavy atom. The first-order chi connectivity index (χ1) is 11.4. The second kappa shape index (κ2) is 6.35. The number of amides is 1. The Morgan fingerprint density at radius 1 is 1.33 bits per heavy atom. The van der Waals surface area contributed by atoms with Gasteiger partial charge in [0.25, 0.3) is 11.5 Å². The van der Waals surface area contributed by atoms with E-state index in [4.69, 9.17) is 5.11 Å². The first-order valence-corrected chi connectivity index (χ1v) is 8.78. The Bertz CT molecular complexity index is 884. The number of fused-ring (bicyclic) bond motifs is 2. The van der Waals surface area contributed by atoms with Crippen LogP contribution < -0.4 is 10.9 Å². The van der Waals surface area contributed by atoms with Crippen molar-refractivity contribution in [2.24, 2.45) is 0 Å². The molecule has 24 heavy (non-hydrogen) atoms. The van der Waals surface area contributed by atoms with Crippen LogP contribution in [0.3, 0.4) is 0 Å². The normalized spacial score (nSPS) is 15.6. The van der Waals surface area contributed by atoms with Gasteiger partial charge in [-0.15, -0.1) is 11.3 Å². The molecule has 2 aromatic heterocycles. The van der Waals surface area contributed by atoms with Crippen LogP contribution in [0.4, 0.5) is 0 Å². The summed E-state index contributed by atoms with van der Waals surface area (Å²) in [6, 6.07) is -0.993.